The van der Waals surface area contributed by atoms with Gasteiger partial charge in [-0.1, -0.05) is 23.6 Å². The number of rotatable bonds is 9. The van der Waals surface area contributed by atoms with Crippen molar-refractivity contribution in [2.24, 2.45) is 16.5 Å². The molecule has 0 saturated heterocycles. The summed E-state index contributed by atoms with van der Waals surface area (Å²) in [6, 6.07) is 7.63. The second kappa shape index (κ2) is 9.53. The predicted octanol–water partition coefficient (Wildman–Crippen LogP) is -0.438. The van der Waals surface area contributed by atoms with Crippen molar-refractivity contribution in [3.8, 4) is 0 Å². The van der Waals surface area contributed by atoms with Gasteiger partial charge in [0.25, 0.3) is 5.96 Å². The van der Waals surface area contributed by atoms with E-state index in [0.717, 1.165) is 17.7 Å². The summed E-state index contributed by atoms with van der Waals surface area (Å²) in [6.07, 6.45) is 1.45. The number of hydrogen-bond donors (Lipinski definition) is 5. The van der Waals surface area contributed by atoms with Crippen LogP contribution in [0.4, 0.5) is 5.69 Å². The molecule has 0 fully saturated rings. The van der Waals surface area contributed by atoms with Crippen LogP contribution in [0.25, 0.3) is 0 Å². The van der Waals surface area contributed by atoms with Crippen molar-refractivity contribution < 1.29 is 5.03 Å². The van der Waals surface area contributed by atoms with Gasteiger partial charge in [-0.05, 0) is 24.5 Å². The number of guanidine groups is 1. The van der Waals surface area contributed by atoms with Crippen molar-refractivity contribution in [2.45, 2.75) is 25.4 Å². The molecule has 0 aliphatic heterocycles. The summed E-state index contributed by atoms with van der Waals surface area (Å²) in [4.78, 5) is 13.9. The maximum atomic E-state index is 10.1. The molecule has 0 radical (unpaired) electrons. The molecular formula is C13H23N7O2. The molecule has 0 spiro atoms. The van der Waals surface area contributed by atoms with E-state index in [0.29, 0.717) is 26.1 Å². The molecule has 0 heterocycles. The predicted molar refractivity (Wildman–Crippen MR) is 86.4 cm³/mol. The Balaban J connectivity index is 2.15. The Morgan fingerprint density at radius 1 is 1.41 bits per heavy atom. The maximum absolute atomic E-state index is 10.1. The van der Waals surface area contributed by atoms with Gasteiger partial charge in [0.15, 0.2) is 5.03 Å². The number of aliphatic imine (C=N–C) groups is 1. The fraction of sp³-hybridized carbons (Fsp3) is 0.462. The van der Waals surface area contributed by atoms with E-state index in [-0.39, 0.29) is 12.0 Å². The Morgan fingerprint density at radius 2 is 2.14 bits per heavy atom. The number of nitrogens with two attached hydrogens (primary N) is 3. The SMILES string of the molecule is NC(=NCCC[C@H](N)CNCc1ccccc1N)N[N+](=O)[O-]. The third-order valence-corrected chi connectivity index (χ3v) is 3.00. The van der Waals surface area contributed by atoms with Crippen molar-refractivity contribution >= 4 is 11.6 Å². The van der Waals surface area contributed by atoms with Gasteiger partial charge in [-0.15, -0.1) is 0 Å². The van der Waals surface area contributed by atoms with Crippen molar-refractivity contribution in [3.05, 3.63) is 39.9 Å². The van der Waals surface area contributed by atoms with Crippen LogP contribution < -0.4 is 27.9 Å². The normalized spacial score (nSPS) is 12.9. The van der Waals surface area contributed by atoms with Gasteiger partial charge in [-0.2, -0.15) is 0 Å². The second-order valence-corrected chi connectivity index (χ2v) is 4.87. The minimum Gasteiger partial charge on any atom is -0.398 e. The highest BCUT2D eigenvalue weighted by Gasteiger charge is 2.04. The zero-order chi connectivity index (χ0) is 16.4. The monoisotopic (exact) mass is 309 g/mol. The van der Waals surface area contributed by atoms with Crippen LogP contribution in [-0.4, -0.2) is 30.1 Å². The molecule has 0 aromatic heterocycles. The van der Waals surface area contributed by atoms with Gasteiger partial charge in [-0.3, -0.25) is 0 Å². The van der Waals surface area contributed by atoms with Gasteiger partial charge < -0.3 is 22.5 Å². The summed E-state index contributed by atoms with van der Waals surface area (Å²) in [5, 5.41) is 12.6. The van der Waals surface area contributed by atoms with Crippen molar-refractivity contribution in [3.63, 3.8) is 0 Å². The number of benzene rings is 1. The molecule has 0 aliphatic rings. The fourth-order valence-corrected chi connectivity index (χ4v) is 1.87. The van der Waals surface area contributed by atoms with Crippen LogP contribution in [0.5, 0.6) is 0 Å². The molecular weight excluding hydrogens is 286 g/mol. The molecule has 22 heavy (non-hydrogen) atoms. The number of nitrogen functional groups attached to an aromatic ring is 1. The maximum Gasteiger partial charge on any atom is 0.251 e. The van der Waals surface area contributed by atoms with Crippen LogP contribution in [0.15, 0.2) is 29.3 Å². The standard InChI is InChI=1S/C13H23N7O2/c14-11(5-3-7-18-13(16)19-20(21)22)9-17-8-10-4-1-2-6-12(10)15/h1-2,4,6,11,17H,3,5,7-9,14-15H2,(H3,16,18,19)/t11-/m0/s1. The summed E-state index contributed by atoms with van der Waals surface area (Å²) in [5.41, 5.74) is 20.7. The average Bonchev–Trinajstić information content (AvgIpc) is 2.45. The molecule has 1 rings (SSSR count). The summed E-state index contributed by atoms with van der Waals surface area (Å²) < 4.78 is 0. The first kappa shape index (κ1) is 17.7. The number of hydrogen-bond acceptors (Lipinski definition) is 6. The lowest BCUT2D eigenvalue weighted by Gasteiger charge is -2.13. The fourth-order valence-electron chi connectivity index (χ4n) is 1.87. The van der Waals surface area contributed by atoms with Crippen LogP contribution >= 0.6 is 0 Å². The molecule has 1 aromatic carbocycles. The molecule has 1 aromatic rings. The van der Waals surface area contributed by atoms with Gasteiger partial charge >= 0.3 is 0 Å². The number of nitrogens with one attached hydrogen (secondary N) is 2. The number of nitro groups is 1. The zero-order valence-corrected chi connectivity index (χ0v) is 12.4. The minimum atomic E-state index is -0.746. The van der Waals surface area contributed by atoms with Crippen LogP contribution in [0.3, 0.4) is 0 Å². The first-order valence-electron chi connectivity index (χ1n) is 6.99. The van der Waals surface area contributed by atoms with Gasteiger partial charge in [0.2, 0.25) is 0 Å². The molecule has 9 nitrogen and oxygen atoms in total. The van der Waals surface area contributed by atoms with Crippen LogP contribution in [0.2, 0.25) is 0 Å². The third-order valence-electron chi connectivity index (χ3n) is 3.00. The van der Waals surface area contributed by atoms with E-state index >= 15 is 0 Å². The zero-order valence-electron chi connectivity index (χ0n) is 12.4. The van der Waals surface area contributed by atoms with Gasteiger partial charge in [0.1, 0.15) is 0 Å². The van der Waals surface area contributed by atoms with Crippen molar-refractivity contribution in [1.29, 1.82) is 0 Å². The first-order valence-corrected chi connectivity index (χ1v) is 6.99. The summed E-state index contributed by atoms with van der Waals surface area (Å²) in [7, 11) is 0. The molecule has 0 amide bonds. The summed E-state index contributed by atoms with van der Waals surface area (Å²) in [6.45, 7) is 1.71. The Bertz CT molecular complexity index is 507. The smallest absolute Gasteiger partial charge is 0.251 e. The molecule has 0 unspecified atom stereocenters. The van der Waals surface area contributed by atoms with E-state index in [1.165, 1.54) is 0 Å². The molecule has 122 valence electrons. The third kappa shape index (κ3) is 7.41. The first-order chi connectivity index (χ1) is 10.5. The van der Waals surface area contributed by atoms with E-state index < -0.39 is 5.03 Å². The van der Waals surface area contributed by atoms with Gasteiger partial charge in [0.05, 0.1) is 0 Å². The summed E-state index contributed by atoms with van der Waals surface area (Å²) in [5.74, 6) is -0.198. The van der Waals surface area contributed by atoms with Crippen molar-refractivity contribution in [2.75, 3.05) is 18.8 Å². The van der Waals surface area contributed by atoms with Gasteiger partial charge in [-0.25, -0.2) is 15.1 Å². The van der Waals surface area contributed by atoms with Crippen LogP contribution in [0.1, 0.15) is 18.4 Å². The lowest BCUT2D eigenvalue weighted by Crippen LogP contribution is -2.36. The van der Waals surface area contributed by atoms with Gasteiger partial charge in [0, 0.05) is 31.4 Å². The van der Waals surface area contributed by atoms with E-state index in [4.69, 9.17) is 17.2 Å². The lowest BCUT2D eigenvalue weighted by molar-refractivity contribution is -0.525. The van der Waals surface area contributed by atoms with E-state index in [2.05, 4.69) is 10.3 Å². The molecule has 0 aliphatic carbocycles. The number of anilines is 1. The Kier molecular flexibility index (Phi) is 7.65. The molecule has 0 bridgehead atoms. The number of hydrazine groups is 1. The van der Waals surface area contributed by atoms with E-state index in [1.54, 1.807) is 5.43 Å². The van der Waals surface area contributed by atoms with Crippen LogP contribution in [0, 0.1) is 10.1 Å². The van der Waals surface area contributed by atoms with E-state index in [1.807, 2.05) is 24.3 Å². The Morgan fingerprint density at radius 3 is 2.82 bits per heavy atom. The Labute approximate surface area is 129 Å². The average molecular weight is 309 g/mol. The molecule has 9 heteroatoms. The van der Waals surface area contributed by atoms with Crippen LogP contribution in [-0.2, 0) is 6.54 Å². The second-order valence-electron chi connectivity index (χ2n) is 4.87. The Hall–Kier alpha value is -2.39. The highest BCUT2D eigenvalue weighted by molar-refractivity contribution is 5.76. The number of nitrogens with zero attached hydrogens (tertiary/aromatic N) is 2. The lowest BCUT2D eigenvalue weighted by atomic mass is 10.1. The largest absolute Gasteiger partial charge is 0.398 e. The van der Waals surface area contributed by atoms with E-state index in [9.17, 15) is 10.1 Å². The quantitative estimate of drug-likeness (QED) is 0.103. The molecule has 1 atom stereocenters. The minimum absolute atomic E-state index is 0.0233. The topological polar surface area (TPSA) is 158 Å². The molecule has 8 N–H and O–H groups in total. The highest BCUT2D eigenvalue weighted by Crippen LogP contribution is 2.09. The highest BCUT2D eigenvalue weighted by atomic mass is 16.7. The number of para-hydroxylation sites is 1. The molecule has 0 saturated carbocycles. The van der Waals surface area contributed by atoms with Crippen molar-refractivity contribution in [1.82, 2.24) is 10.7 Å². The summed E-state index contributed by atoms with van der Waals surface area (Å²) >= 11 is 0.